The van der Waals surface area contributed by atoms with E-state index in [0.29, 0.717) is 11.6 Å². The van der Waals surface area contributed by atoms with Crippen LogP contribution in [0.5, 0.6) is 0 Å². The molecule has 2 aromatic carbocycles. The first kappa shape index (κ1) is 14.6. The second-order valence-corrected chi connectivity index (χ2v) is 4.92. The molecule has 0 saturated heterocycles. The molecule has 0 saturated carbocycles. The van der Waals surface area contributed by atoms with E-state index in [1.165, 1.54) is 0 Å². The monoisotopic (exact) mass is 289 g/mol. The van der Waals surface area contributed by atoms with Crippen LogP contribution in [-0.2, 0) is 16.1 Å². The lowest BCUT2D eigenvalue weighted by molar-refractivity contribution is -0.121. The molecular formula is C16H16ClNO2. The lowest BCUT2D eigenvalue weighted by Crippen LogP contribution is -2.18. The fraction of sp³-hybridized carbons (Fsp3) is 0.188. The molecule has 4 heteroatoms. The maximum absolute atomic E-state index is 11.8. The summed E-state index contributed by atoms with van der Waals surface area (Å²) in [5.74, 6) is -0.175. The summed E-state index contributed by atoms with van der Waals surface area (Å²) < 4.78 is 5.38. The van der Waals surface area contributed by atoms with E-state index < -0.39 is 0 Å². The first-order valence-electron chi connectivity index (χ1n) is 6.33. The molecule has 1 amide bonds. The van der Waals surface area contributed by atoms with Gasteiger partial charge in [0, 0.05) is 10.7 Å². The van der Waals surface area contributed by atoms with Crippen LogP contribution in [0, 0.1) is 6.92 Å². The summed E-state index contributed by atoms with van der Waals surface area (Å²) in [7, 11) is 0. The Labute approximate surface area is 123 Å². The maximum Gasteiger partial charge on any atom is 0.250 e. The highest BCUT2D eigenvalue weighted by atomic mass is 35.5. The number of rotatable bonds is 5. The van der Waals surface area contributed by atoms with E-state index in [1.54, 1.807) is 12.1 Å². The summed E-state index contributed by atoms with van der Waals surface area (Å²) in [5.41, 5.74) is 2.72. The molecule has 104 valence electrons. The highest BCUT2D eigenvalue weighted by Crippen LogP contribution is 2.19. The highest BCUT2D eigenvalue weighted by molar-refractivity contribution is 6.30. The van der Waals surface area contributed by atoms with Gasteiger partial charge in [-0.05, 0) is 36.2 Å². The van der Waals surface area contributed by atoms with Gasteiger partial charge in [0.15, 0.2) is 0 Å². The van der Waals surface area contributed by atoms with Gasteiger partial charge in [-0.2, -0.15) is 0 Å². The fourth-order valence-electron chi connectivity index (χ4n) is 1.79. The third kappa shape index (κ3) is 4.37. The van der Waals surface area contributed by atoms with Gasteiger partial charge >= 0.3 is 0 Å². The van der Waals surface area contributed by atoms with E-state index >= 15 is 0 Å². The van der Waals surface area contributed by atoms with Crippen LogP contribution in [0.2, 0.25) is 5.02 Å². The van der Waals surface area contributed by atoms with Crippen molar-refractivity contribution >= 4 is 23.2 Å². The van der Waals surface area contributed by atoms with E-state index in [2.05, 4.69) is 5.32 Å². The average Bonchev–Trinajstić information content (AvgIpc) is 2.43. The van der Waals surface area contributed by atoms with Crippen molar-refractivity contribution < 1.29 is 9.53 Å². The molecule has 20 heavy (non-hydrogen) atoms. The number of halogens is 1. The summed E-state index contributed by atoms with van der Waals surface area (Å²) in [5, 5.41) is 3.45. The number of anilines is 1. The van der Waals surface area contributed by atoms with Gasteiger partial charge < -0.3 is 10.1 Å². The zero-order valence-corrected chi connectivity index (χ0v) is 12.0. The molecule has 0 aromatic heterocycles. The summed E-state index contributed by atoms with van der Waals surface area (Å²) in [6, 6.07) is 15.1. The number of amides is 1. The molecule has 1 N–H and O–H groups in total. The minimum atomic E-state index is -0.175. The molecule has 0 aliphatic carbocycles. The van der Waals surface area contributed by atoms with Gasteiger partial charge in [0.2, 0.25) is 5.91 Å². The highest BCUT2D eigenvalue weighted by Gasteiger charge is 2.05. The SMILES string of the molecule is Cc1cc(Cl)ccc1NC(=O)COCc1ccccc1. The Morgan fingerprint density at radius 1 is 1.20 bits per heavy atom. The third-order valence-electron chi connectivity index (χ3n) is 2.81. The number of nitrogens with one attached hydrogen (secondary N) is 1. The number of aryl methyl sites for hydroxylation is 1. The Bertz CT molecular complexity index is 584. The molecule has 0 aliphatic rings. The molecule has 3 nitrogen and oxygen atoms in total. The lowest BCUT2D eigenvalue weighted by atomic mass is 10.2. The molecule has 0 unspecified atom stereocenters. The van der Waals surface area contributed by atoms with Crippen LogP contribution in [0.4, 0.5) is 5.69 Å². The average molecular weight is 290 g/mol. The van der Waals surface area contributed by atoms with E-state index in [0.717, 1.165) is 16.8 Å². The van der Waals surface area contributed by atoms with Gasteiger partial charge in [0.05, 0.1) is 6.61 Å². The molecule has 0 heterocycles. The first-order chi connectivity index (χ1) is 9.65. The van der Waals surface area contributed by atoms with Crippen molar-refractivity contribution in [2.24, 2.45) is 0 Å². The first-order valence-corrected chi connectivity index (χ1v) is 6.70. The molecule has 0 bridgehead atoms. The minimum absolute atomic E-state index is 0.0248. The number of carbonyl (C=O) groups excluding carboxylic acids is 1. The van der Waals surface area contributed by atoms with Crippen molar-refractivity contribution in [3.05, 3.63) is 64.7 Å². The second-order valence-electron chi connectivity index (χ2n) is 4.49. The number of benzene rings is 2. The Morgan fingerprint density at radius 3 is 2.65 bits per heavy atom. The normalized spacial score (nSPS) is 10.3. The molecular weight excluding hydrogens is 274 g/mol. The van der Waals surface area contributed by atoms with Crippen molar-refractivity contribution in [2.75, 3.05) is 11.9 Å². The second kappa shape index (κ2) is 7.08. The summed E-state index contributed by atoms with van der Waals surface area (Å²) in [6.07, 6.45) is 0. The molecule has 0 fully saturated rings. The van der Waals surface area contributed by atoms with Gasteiger partial charge in [-0.15, -0.1) is 0 Å². The molecule has 0 aliphatic heterocycles. The van der Waals surface area contributed by atoms with Crippen LogP contribution in [0.15, 0.2) is 48.5 Å². The number of hydrogen-bond donors (Lipinski definition) is 1. The van der Waals surface area contributed by atoms with Gasteiger partial charge in [-0.1, -0.05) is 41.9 Å². The van der Waals surface area contributed by atoms with Crippen LogP contribution < -0.4 is 5.32 Å². The minimum Gasteiger partial charge on any atom is -0.367 e. The van der Waals surface area contributed by atoms with Crippen molar-refractivity contribution in [3.63, 3.8) is 0 Å². The molecule has 0 radical (unpaired) electrons. The number of hydrogen-bond acceptors (Lipinski definition) is 2. The van der Waals surface area contributed by atoms with Crippen molar-refractivity contribution in [3.8, 4) is 0 Å². The predicted octanol–water partition coefficient (Wildman–Crippen LogP) is 3.80. The number of ether oxygens (including phenoxy) is 1. The number of carbonyl (C=O) groups is 1. The lowest BCUT2D eigenvalue weighted by Gasteiger charge is -2.09. The van der Waals surface area contributed by atoms with E-state index in [-0.39, 0.29) is 12.5 Å². The smallest absolute Gasteiger partial charge is 0.250 e. The zero-order valence-electron chi connectivity index (χ0n) is 11.2. The standard InChI is InChI=1S/C16H16ClNO2/c1-12-9-14(17)7-8-15(12)18-16(19)11-20-10-13-5-3-2-4-6-13/h2-9H,10-11H2,1H3,(H,18,19). The van der Waals surface area contributed by atoms with Gasteiger partial charge in [0.1, 0.15) is 6.61 Å². The van der Waals surface area contributed by atoms with Gasteiger partial charge in [0.25, 0.3) is 0 Å². The zero-order chi connectivity index (χ0) is 14.4. The van der Waals surface area contributed by atoms with Crippen molar-refractivity contribution in [1.29, 1.82) is 0 Å². The van der Waals surface area contributed by atoms with E-state index in [4.69, 9.17) is 16.3 Å². The van der Waals surface area contributed by atoms with Crippen LogP contribution >= 0.6 is 11.6 Å². The van der Waals surface area contributed by atoms with Gasteiger partial charge in [-0.3, -0.25) is 4.79 Å². The Hall–Kier alpha value is -1.84. The van der Waals surface area contributed by atoms with E-state index in [1.807, 2.05) is 43.3 Å². The molecule has 2 rings (SSSR count). The predicted molar refractivity (Wildman–Crippen MR) is 80.9 cm³/mol. The summed E-state index contributed by atoms with van der Waals surface area (Å²) in [4.78, 5) is 11.8. The van der Waals surface area contributed by atoms with Crippen LogP contribution in [0.25, 0.3) is 0 Å². The van der Waals surface area contributed by atoms with Crippen LogP contribution in [0.3, 0.4) is 0 Å². The summed E-state index contributed by atoms with van der Waals surface area (Å²) >= 11 is 5.87. The topological polar surface area (TPSA) is 38.3 Å². The maximum atomic E-state index is 11.8. The molecule has 0 spiro atoms. The van der Waals surface area contributed by atoms with Crippen LogP contribution in [-0.4, -0.2) is 12.5 Å². The quantitative estimate of drug-likeness (QED) is 0.909. The van der Waals surface area contributed by atoms with Crippen molar-refractivity contribution in [1.82, 2.24) is 0 Å². The Balaban J connectivity index is 1.81. The van der Waals surface area contributed by atoms with E-state index in [9.17, 15) is 4.79 Å². The molecule has 2 aromatic rings. The Morgan fingerprint density at radius 2 is 1.95 bits per heavy atom. The van der Waals surface area contributed by atoms with Crippen molar-refractivity contribution in [2.45, 2.75) is 13.5 Å². The van der Waals surface area contributed by atoms with Gasteiger partial charge in [-0.25, -0.2) is 0 Å². The third-order valence-corrected chi connectivity index (χ3v) is 3.04. The largest absolute Gasteiger partial charge is 0.367 e. The summed E-state index contributed by atoms with van der Waals surface area (Å²) in [6.45, 7) is 2.34. The fourth-order valence-corrected chi connectivity index (χ4v) is 2.02. The Kier molecular flexibility index (Phi) is 5.16. The molecule has 0 atom stereocenters. The van der Waals surface area contributed by atoms with Crippen LogP contribution in [0.1, 0.15) is 11.1 Å².